The SMILES string of the molecule is O=C(O)CC[C@H]1CCCCN1C(=O)[C@@H]1COc2ccccc2C1. The Hall–Kier alpha value is -2.04. The largest absolute Gasteiger partial charge is 0.492 e. The number of carbonyl (C=O) groups is 2. The minimum Gasteiger partial charge on any atom is -0.492 e. The van der Waals surface area contributed by atoms with Gasteiger partial charge < -0.3 is 14.7 Å². The Kier molecular flexibility index (Phi) is 4.84. The normalized spacial score (nSPS) is 23.7. The molecule has 3 rings (SSSR count). The molecule has 23 heavy (non-hydrogen) atoms. The van der Waals surface area contributed by atoms with Crippen LogP contribution in [0.5, 0.6) is 5.75 Å². The zero-order valence-electron chi connectivity index (χ0n) is 13.2. The van der Waals surface area contributed by atoms with Gasteiger partial charge >= 0.3 is 5.97 Å². The molecule has 0 aliphatic carbocycles. The molecule has 0 radical (unpaired) electrons. The van der Waals surface area contributed by atoms with Crippen LogP contribution in [0.25, 0.3) is 0 Å². The number of carbonyl (C=O) groups excluding carboxylic acids is 1. The maximum Gasteiger partial charge on any atom is 0.303 e. The average Bonchev–Trinajstić information content (AvgIpc) is 2.59. The first-order chi connectivity index (χ1) is 11.1. The molecule has 1 aromatic rings. The molecule has 1 amide bonds. The zero-order valence-corrected chi connectivity index (χ0v) is 13.2. The van der Waals surface area contributed by atoms with Gasteiger partial charge in [-0.25, -0.2) is 0 Å². The van der Waals surface area contributed by atoms with Crippen molar-refractivity contribution in [3.8, 4) is 5.75 Å². The fourth-order valence-electron chi connectivity index (χ4n) is 3.60. The average molecular weight is 317 g/mol. The number of hydrogen-bond donors (Lipinski definition) is 1. The summed E-state index contributed by atoms with van der Waals surface area (Å²) < 4.78 is 5.74. The number of amides is 1. The van der Waals surface area contributed by atoms with Crippen molar-refractivity contribution in [3.05, 3.63) is 29.8 Å². The van der Waals surface area contributed by atoms with Gasteiger partial charge in [0.2, 0.25) is 5.91 Å². The maximum atomic E-state index is 12.9. The van der Waals surface area contributed by atoms with Gasteiger partial charge in [-0.1, -0.05) is 18.2 Å². The summed E-state index contributed by atoms with van der Waals surface area (Å²) in [6.07, 6.45) is 4.35. The van der Waals surface area contributed by atoms with Crippen molar-refractivity contribution in [1.29, 1.82) is 0 Å². The van der Waals surface area contributed by atoms with E-state index in [1.165, 1.54) is 0 Å². The van der Waals surface area contributed by atoms with Crippen molar-refractivity contribution >= 4 is 11.9 Å². The van der Waals surface area contributed by atoms with Gasteiger partial charge in [0.1, 0.15) is 12.4 Å². The van der Waals surface area contributed by atoms with E-state index >= 15 is 0 Å². The molecular formula is C18H23NO4. The number of benzene rings is 1. The van der Waals surface area contributed by atoms with Gasteiger partial charge in [0.05, 0.1) is 5.92 Å². The van der Waals surface area contributed by atoms with E-state index in [2.05, 4.69) is 0 Å². The van der Waals surface area contributed by atoms with Crippen molar-refractivity contribution in [2.75, 3.05) is 13.2 Å². The second-order valence-electron chi connectivity index (χ2n) is 6.43. The number of hydrogen-bond acceptors (Lipinski definition) is 3. The molecule has 1 fully saturated rings. The minimum atomic E-state index is -0.794. The number of likely N-dealkylation sites (tertiary alicyclic amines) is 1. The number of fused-ring (bicyclic) bond motifs is 1. The molecule has 2 heterocycles. The lowest BCUT2D eigenvalue weighted by molar-refractivity contribution is -0.143. The lowest BCUT2D eigenvalue weighted by atomic mass is 9.92. The first kappa shape index (κ1) is 15.8. The molecule has 0 saturated carbocycles. The summed E-state index contributed by atoms with van der Waals surface area (Å²) in [5.41, 5.74) is 1.08. The summed E-state index contributed by atoms with van der Waals surface area (Å²) in [7, 11) is 0. The molecule has 1 N–H and O–H groups in total. The monoisotopic (exact) mass is 317 g/mol. The fourth-order valence-corrected chi connectivity index (χ4v) is 3.60. The minimum absolute atomic E-state index is 0.0597. The van der Waals surface area contributed by atoms with Gasteiger partial charge in [0.15, 0.2) is 0 Å². The van der Waals surface area contributed by atoms with E-state index in [-0.39, 0.29) is 24.3 Å². The highest BCUT2D eigenvalue weighted by Gasteiger charge is 2.34. The number of rotatable bonds is 4. The summed E-state index contributed by atoms with van der Waals surface area (Å²) in [5, 5.41) is 8.90. The molecule has 0 aromatic heterocycles. The molecule has 5 nitrogen and oxygen atoms in total. The predicted octanol–water partition coefficient (Wildman–Crippen LogP) is 2.48. The molecule has 0 bridgehead atoms. The van der Waals surface area contributed by atoms with Gasteiger partial charge in [-0.3, -0.25) is 9.59 Å². The van der Waals surface area contributed by atoms with Crippen LogP contribution in [-0.2, 0) is 16.0 Å². The second kappa shape index (κ2) is 7.02. The molecule has 2 aliphatic heterocycles. The first-order valence-electron chi connectivity index (χ1n) is 8.38. The highest BCUT2D eigenvalue weighted by atomic mass is 16.5. The molecular weight excluding hydrogens is 294 g/mol. The molecule has 2 atom stereocenters. The van der Waals surface area contributed by atoms with E-state index < -0.39 is 5.97 Å². The van der Waals surface area contributed by atoms with Gasteiger partial charge in [0, 0.05) is 19.0 Å². The molecule has 124 valence electrons. The Morgan fingerprint density at radius 1 is 1.26 bits per heavy atom. The van der Waals surface area contributed by atoms with E-state index in [1.807, 2.05) is 29.2 Å². The first-order valence-corrected chi connectivity index (χ1v) is 8.38. The lowest BCUT2D eigenvalue weighted by Gasteiger charge is -2.38. The molecule has 5 heteroatoms. The van der Waals surface area contributed by atoms with Crippen molar-refractivity contribution in [3.63, 3.8) is 0 Å². The Morgan fingerprint density at radius 2 is 2.09 bits per heavy atom. The summed E-state index contributed by atoms with van der Waals surface area (Å²) >= 11 is 0. The highest BCUT2D eigenvalue weighted by Crippen LogP contribution is 2.30. The van der Waals surface area contributed by atoms with Crippen molar-refractivity contribution < 1.29 is 19.4 Å². The van der Waals surface area contributed by atoms with Crippen LogP contribution in [0.2, 0.25) is 0 Å². The summed E-state index contributed by atoms with van der Waals surface area (Å²) in [4.78, 5) is 25.7. The highest BCUT2D eigenvalue weighted by molar-refractivity contribution is 5.80. The van der Waals surface area contributed by atoms with Crippen LogP contribution in [0.1, 0.15) is 37.7 Å². The summed E-state index contributed by atoms with van der Waals surface area (Å²) in [6.45, 7) is 1.15. The van der Waals surface area contributed by atoms with E-state index in [4.69, 9.17) is 9.84 Å². The Morgan fingerprint density at radius 3 is 2.91 bits per heavy atom. The van der Waals surface area contributed by atoms with Crippen molar-refractivity contribution in [2.24, 2.45) is 5.92 Å². The number of aliphatic carboxylic acids is 1. The van der Waals surface area contributed by atoms with Gasteiger partial charge in [-0.15, -0.1) is 0 Å². The van der Waals surface area contributed by atoms with E-state index in [0.717, 1.165) is 37.1 Å². The van der Waals surface area contributed by atoms with Crippen LogP contribution >= 0.6 is 0 Å². The fraction of sp³-hybridized carbons (Fsp3) is 0.556. The summed E-state index contributed by atoms with van der Waals surface area (Å²) in [6, 6.07) is 7.91. The number of ether oxygens (including phenoxy) is 1. The molecule has 1 saturated heterocycles. The standard InChI is InChI=1S/C18H23NO4/c20-17(21)9-8-15-6-3-4-10-19(15)18(22)14-11-13-5-1-2-7-16(13)23-12-14/h1-2,5,7,14-15H,3-4,6,8-12H2,(H,20,21)/t14-,15+/m0/s1. The van der Waals surface area contributed by atoms with Gasteiger partial charge in [0.25, 0.3) is 0 Å². The van der Waals surface area contributed by atoms with Crippen LogP contribution in [0, 0.1) is 5.92 Å². The van der Waals surface area contributed by atoms with Crippen LogP contribution in [0.4, 0.5) is 0 Å². The third kappa shape index (κ3) is 3.66. The van der Waals surface area contributed by atoms with Gasteiger partial charge in [-0.2, -0.15) is 0 Å². The smallest absolute Gasteiger partial charge is 0.303 e. The number of piperidine rings is 1. The number of carboxylic acid groups (broad SMARTS) is 1. The predicted molar refractivity (Wildman–Crippen MR) is 85.4 cm³/mol. The summed E-state index contributed by atoms with van der Waals surface area (Å²) in [5.74, 6) is 0.0421. The van der Waals surface area contributed by atoms with Crippen LogP contribution < -0.4 is 4.74 Å². The number of nitrogens with zero attached hydrogens (tertiary/aromatic N) is 1. The lowest BCUT2D eigenvalue weighted by Crippen LogP contribution is -2.48. The van der Waals surface area contributed by atoms with E-state index in [0.29, 0.717) is 19.4 Å². The number of para-hydroxylation sites is 1. The topological polar surface area (TPSA) is 66.8 Å². The zero-order chi connectivity index (χ0) is 16.2. The molecule has 0 unspecified atom stereocenters. The number of carboxylic acids is 1. The van der Waals surface area contributed by atoms with Crippen LogP contribution in [-0.4, -0.2) is 41.1 Å². The quantitative estimate of drug-likeness (QED) is 0.926. The Labute approximate surface area is 136 Å². The molecule has 0 spiro atoms. The third-order valence-electron chi connectivity index (χ3n) is 4.83. The Bertz CT molecular complexity index is 586. The van der Waals surface area contributed by atoms with Gasteiger partial charge in [-0.05, 0) is 43.7 Å². The third-order valence-corrected chi connectivity index (χ3v) is 4.83. The maximum absolute atomic E-state index is 12.9. The van der Waals surface area contributed by atoms with Crippen LogP contribution in [0.3, 0.4) is 0 Å². The second-order valence-corrected chi connectivity index (χ2v) is 6.43. The van der Waals surface area contributed by atoms with Crippen molar-refractivity contribution in [1.82, 2.24) is 4.90 Å². The molecule has 1 aromatic carbocycles. The van der Waals surface area contributed by atoms with Crippen molar-refractivity contribution in [2.45, 2.75) is 44.6 Å². The van der Waals surface area contributed by atoms with Crippen LogP contribution in [0.15, 0.2) is 24.3 Å². The van der Waals surface area contributed by atoms with E-state index in [9.17, 15) is 9.59 Å². The Balaban J connectivity index is 1.67. The van der Waals surface area contributed by atoms with E-state index in [1.54, 1.807) is 0 Å². The molecule has 2 aliphatic rings.